The van der Waals surface area contributed by atoms with Crippen molar-refractivity contribution in [3.63, 3.8) is 0 Å². The number of hydrogen-bond acceptors (Lipinski definition) is 2. The Morgan fingerprint density at radius 1 is 0.633 bits per heavy atom. The first kappa shape index (κ1) is 35.2. The van der Waals surface area contributed by atoms with E-state index in [2.05, 4.69) is 32.6 Å². The second-order valence-electron chi connectivity index (χ2n) is 8.33. The molecule has 4 nitrogen and oxygen atoms in total. The maximum atomic E-state index is 10.6. The lowest BCUT2D eigenvalue weighted by Crippen LogP contribution is -2.27. The van der Waals surface area contributed by atoms with Crippen molar-refractivity contribution in [3.05, 3.63) is 6.92 Å². The molecular weight excluding hydrogens is 461 g/mol. The molecule has 2 N–H and O–H groups in total. The van der Waals surface area contributed by atoms with Crippen LogP contribution >= 0.6 is 24.6 Å². The Morgan fingerprint density at radius 3 is 1.27 bits per heavy atom. The van der Waals surface area contributed by atoms with Gasteiger partial charge in [-0.15, -0.1) is 17.0 Å². The molecule has 0 aliphatic heterocycles. The molecule has 0 saturated heterocycles. The predicted octanol–water partition coefficient (Wildman–Crippen LogP) is 8.17. The number of halogens is 1. The summed E-state index contributed by atoms with van der Waals surface area (Å²) < 4.78 is 10.6. The SMILES string of the molecule is Br.CCCCN(CCCC)CCCC.[CH2]CCCCCCCCCCCP(=O)(O)O. The molecule has 0 aromatic carbocycles. The average Bonchev–Trinajstić information content (AvgIpc) is 2.68. The van der Waals surface area contributed by atoms with Gasteiger partial charge in [0.05, 0.1) is 0 Å². The fraction of sp³-hybridized carbons (Fsp3) is 0.958. The number of unbranched alkanes of at least 4 members (excludes halogenated alkanes) is 12. The number of nitrogens with zero attached hydrogens (tertiary/aromatic N) is 1. The highest BCUT2D eigenvalue weighted by atomic mass is 79.9. The molecule has 0 rings (SSSR count). The maximum absolute atomic E-state index is 10.6. The second-order valence-corrected chi connectivity index (χ2v) is 10.1. The van der Waals surface area contributed by atoms with Gasteiger partial charge < -0.3 is 14.7 Å². The van der Waals surface area contributed by atoms with Crippen molar-refractivity contribution < 1.29 is 14.4 Å². The minimum Gasteiger partial charge on any atom is -0.324 e. The first-order chi connectivity index (χ1) is 13.9. The molecule has 185 valence electrons. The van der Waals surface area contributed by atoms with Gasteiger partial charge in [0.1, 0.15) is 0 Å². The van der Waals surface area contributed by atoms with Crippen LogP contribution in [0, 0.1) is 6.92 Å². The van der Waals surface area contributed by atoms with E-state index < -0.39 is 7.60 Å². The van der Waals surface area contributed by atoms with Crippen molar-refractivity contribution >= 4 is 24.6 Å². The molecule has 6 heteroatoms. The van der Waals surface area contributed by atoms with Gasteiger partial charge in [0, 0.05) is 6.16 Å². The topological polar surface area (TPSA) is 60.8 Å². The van der Waals surface area contributed by atoms with E-state index in [4.69, 9.17) is 9.79 Å². The normalized spacial score (nSPS) is 11.2. The minimum atomic E-state index is -3.75. The zero-order chi connectivity index (χ0) is 22.2. The van der Waals surface area contributed by atoms with Crippen LogP contribution < -0.4 is 0 Å². The molecule has 0 fully saturated rings. The first-order valence-electron chi connectivity index (χ1n) is 12.5. The van der Waals surface area contributed by atoms with E-state index in [0.717, 1.165) is 19.3 Å². The van der Waals surface area contributed by atoms with Crippen LogP contribution in [0.1, 0.15) is 124 Å². The molecule has 1 radical (unpaired) electrons. The van der Waals surface area contributed by atoms with E-state index in [9.17, 15) is 4.57 Å². The van der Waals surface area contributed by atoms with Crippen molar-refractivity contribution in [2.24, 2.45) is 0 Å². The Balaban J connectivity index is -0.000000480. The molecule has 0 bridgehead atoms. The standard InChI is InChI=1S/C12H27N.C12H26O3P.BrH/c1-4-7-10-13(11-8-5-2)12-9-6-3;1-2-3-4-5-6-7-8-9-10-11-12-16(13,14)15;/h4-12H2,1-3H3;1-12H2,(H2,13,14,15);1H. The van der Waals surface area contributed by atoms with Crippen LogP contribution in [0.5, 0.6) is 0 Å². The predicted molar refractivity (Wildman–Crippen MR) is 140 cm³/mol. The highest BCUT2D eigenvalue weighted by Crippen LogP contribution is 2.35. The third kappa shape index (κ3) is 33.2. The lowest BCUT2D eigenvalue weighted by Gasteiger charge is -2.21. The van der Waals surface area contributed by atoms with Crippen molar-refractivity contribution in [2.75, 3.05) is 25.8 Å². The smallest absolute Gasteiger partial charge is 0.324 e. The second kappa shape index (κ2) is 27.6. The van der Waals surface area contributed by atoms with Crippen LogP contribution in [0.2, 0.25) is 0 Å². The van der Waals surface area contributed by atoms with E-state index >= 15 is 0 Å². The lowest BCUT2D eigenvalue weighted by atomic mass is 10.1. The van der Waals surface area contributed by atoms with E-state index in [1.165, 1.54) is 96.7 Å². The fourth-order valence-electron chi connectivity index (χ4n) is 3.21. The highest BCUT2D eigenvalue weighted by molar-refractivity contribution is 8.93. The third-order valence-corrected chi connectivity index (χ3v) is 6.08. The van der Waals surface area contributed by atoms with Crippen LogP contribution in [0.15, 0.2) is 0 Å². The highest BCUT2D eigenvalue weighted by Gasteiger charge is 2.10. The molecule has 0 aromatic heterocycles. The summed E-state index contributed by atoms with van der Waals surface area (Å²) in [5.41, 5.74) is 0. The van der Waals surface area contributed by atoms with Gasteiger partial charge in [-0.3, -0.25) is 4.57 Å². The van der Waals surface area contributed by atoms with Crippen LogP contribution in [0.25, 0.3) is 0 Å². The Bertz CT molecular complexity index is 334. The summed E-state index contributed by atoms with van der Waals surface area (Å²) in [6.07, 6.45) is 19.5. The first-order valence-corrected chi connectivity index (χ1v) is 14.3. The molecular formula is C24H54BrNO3P. The van der Waals surface area contributed by atoms with E-state index in [1.807, 2.05) is 0 Å². The van der Waals surface area contributed by atoms with Crippen molar-refractivity contribution in [1.82, 2.24) is 4.90 Å². The van der Waals surface area contributed by atoms with E-state index in [-0.39, 0.29) is 23.1 Å². The summed E-state index contributed by atoms with van der Waals surface area (Å²) in [5.74, 6) is 0. The molecule has 30 heavy (non-hydrogen) atoms. The molecule has 0 atom stereocenters. The van der Waals surface area contributed by atoms with Gasteiger partial charge >= 0.3 is 7.60 Å². The zero-order valence-electron chi connectivity index (χ0n) is 20.5. The third-order valence-electron chi connectivity index (χ3n) is 5.18. The van der Waals surface area contributed by atoms with Gasteiger partial charge in [-0.2, -0.15) is 0 Å². The van der Waals surface area contributed by atoms with Gasteiger partial charge in [-0.1, -0.05) is 105 Å². The van der Waals surface area contributed by atoms with Crippen molar-refractivity contribution in [2.45, 2.75) is 124 Å². The molecule has 0 aromatic rings. The van der Waals surface area contributed by atoms with Gasteiger partial charge in [-0.05, 0) is 45.3 Å². The quantitative estimate of drug-likeness (QED) is 0.127. The molecule has 0 spiro atoms. The number of hydrogen-bond donors (Lipinski definition) is 2. The summed E-state index contributed by atoms with van der Waals surface area (Å²) >= 11 is 0. The van der Waals surface area contributed by atoms with Gasteiger partial charge in [-0.25, -0.2) is 0 Å². The Hall–Kier alpha value is 0.590. The largest absolute Gasteiger partial charge is 0.325 e. The van der Waals surface area contributed by atoms with Gasteiger partial charge in [0.2, 0.25) is 0 Å². The summed E-state index contributed by atoms with van der Waals surface area (Å²) in [5, 5.41) is 0. The summed E-state index contributed by atoms with van der Waals surface area (Å²) in [6.45, 7) is 14.6. The Kier molecular flexibility index (Phi) is 32.4. The average molecular weight is 516 g/mol. The van der Waals surface area contributed by atoms with Gasteiger partial charge in [0.25, 0.3) is 0 Å². The molecule has 0 amide bonds. The molecule has 0 aliphatic carbocycles. The Labute approximate surface area is 199 Å². The van der Waals surface area contributed by atoms with Crippen LogP contribution in [-0.2, 0) is 4.57 Å². The monoisotopic (exact) mass is 514 g/mol. The lowest BCUT2D eigenvalue weighted by molar-refractivity contribution is 0.261. The van der Waals surface area contributed by atoms with Crippen LogP contribution in [0.3, 0.4) is 0 Å². The van der Waals surface area contributed by atoms with Crippen molar-refractivity contribution in [1.29, 1.82) is 0 Å². The molecule has 0 saturated carbocycles. The summed E-state index contributed by atoms with van der Waals surface area (Å²) in [6, 6.07) is 0. The van der Waals surface area contributed by atoms with E-state index in [1.54, 1.807) is 0 Å². The summed E-state index contributed by atoms with van der Waals surface area (Å²) in [7, 11) is -3.75. The number of rotatable bonds is 20. The molecule has 0 aliphatic rings. The maximum Gasteiger partial charge on any atom is 0.325 e. The van der Waals surface area contributed by atoms with Crippen molar-refractivity contribution in [3.8, 4) is 0 Å². The molecule has 0 heterocycles. The zero-order valence-corrected chi connectivity index (χ0v) is 23.1. The Morgan fingerprint density at radius 2 is 0.967 bits per heavy atom. The summed E-state index contributed by atoms with van der Waals surface area (Å²) in [4.78, 5) is 19.9. The minimum absolute atomic E-state index is 0. The molecule has 0 unspecified atom stereocenters. The van der Waals surface area contributed by atoms with E-state index in [0.29, 0.717) is 6.42 Å². The van der Waals surface area contributed by atoms with Crippen LogP contribution in [0.4, 0.5) is 0 Å². The van der Waals surface area contributed by atoms with Crippen LogP contribution in [-0.4, -0.2) is 40.5 Å². The van der Waals surface area contributed by atoms with Gasteiger partial charge in [0.15, 0.2) is 0 Å². The fourth-order valence-corrected chi connectivity index (χ4v) is 3.85.